The molecular formula is C27H25FN6O5. The number of fused-ring (bicyclic) bond motifs is 1. The van der Waals surface area contributed by atoms with Gasteiger partial charge in [0.2, 0.25) is 0 Å². The summed E-state index contributed by atoms with van der Waals surface area (Å²) in [6.07, 6.45) is 2.06. The van der Waals surface area contributed by atoms with E-state index < -0.39 is 29.4 Å². The number of rotatable bonds is 6. The van der Waals surface area contributed by atoms with Crippen molar-refractivity contribution in [1.29, 1.82) is 0 Å². The molecule has 11 nitrogen and oxygen atoms in total. The van der Waals surface area contributed by atoms with E-state index in [0.29, 0.717) is 27.7 Å². The number of carbonyl (C=O) groups is 1. The molecule has 0 unspecified atom stereocenters. The molecule has 2 aromatic carbocycles. The number of nitrogens with zero attached hydrogens (tertiary/aromatic N) is 4. The van der Waals surface area contributed by atoms with Gasteiger partial charge < -0.3 is 9.47 Å². The SMILES string of the molecule is C[C@H](Oc1cc2cc(F)ccc2nc1NC(=O)OC(C)(C)C)c1cc(-c2noc(=O)[nH]2)ccc1-n1cccn1. The van der Waals surface area contributed by atoms with Crippen LogP contribution in [0.4, 0.5) is 15.0 Å². The average Bonchev–Trinajstić information content (AvgIpc) is 3.55. The number of ether oxygens (including phenoxy) is 2. The van der Waals surface area contributed by atoms with Crippen molar-refractivity contribution < 1.29 is 23.2 Å². The standard InChI is InChI=1S/C27H25FN6O5/c1-15(19-13-16(23-31-26(36)39-33-23)6-9-21(19)34-11-5-10-29-34)37-22-14-17-12-18(28)7-8-20(17)30-24(22)32-25(35)38-27(2,3)4/h5-15H,1-4H3,(H,30,32,35)(H,31,33,36)/t15-/m0/s1. The Hall–Kier alpha value is -5.00. The van der Waals surface area contributed by atoms with E-state index in [1.54, 1.807) is 75.1 Å². The number of benzene rings is 2. The first-order valence-corrected chi connectivity index (χ1v) is 12.0. The minimum absolute atomic E-state index is 0.104. The minimum atomic E-state index is -0.737. The third-order valence-electron chi connectivity index (χ3n) is 5.60. The summed E-state index contributed by atoms with van der Waals surface area (Å²) in [5.41, 5.74) is 1.66. The summed E-state index contributed by atoms with van der Waals surface area (Å²) >= 11 is 0. The first-order chi connectivity index (χ1) is 18.6. The minimum Gasteiger partial charge on any atom is -0.482 e. The number of amides is 1. The van der Waals surface area contributed by atoms with Crippen LogP contribution in [0.2, 0.25) is 0 Å². The number of halogens is 1. The molecule has 0 radical (unpaired) electrons. The van der Waals surface area contributed by atoms with E-state index in [9.17, 15) is 14.0 Å². The molecule has 0 saturated carbocycles. The summed E-state index contributed by atoms with van der Waals surface area (Å²) in [5.74, 6) is -0.577. The Labute approximate surface area is 221 Å². The van der Waals surface area contributed by atoms with Gasteiger partial charge in [0.15, 0.2) is 17.4 Å². The van der Waals surface area contributed by atoms with Crippen molar-refractivity contribution in [1.82, 2.24) is 24.9 Å². The molecule has 0 spiro atoms. The van der Waals surface area contributed by atoms with Crippen molar-refractivity contribution in [3.8, 4) is 22.8 Å². The van der Waals surface area contributed by atoms with Gasteiger partial charge in [-0.05, 0) is 76.2 Å². The van der Waals surface area contributed by atoms with Gasteiger partial charge in [0.05, 0.1) is 11.2 Å². The second kappa shape index (κ2) is 10.0. The molecule has 2 N–H and O–H groups in total. The smallest absolute Gasteiger partial charge is 0.439 e. The third-order valence-corrected chi connectivity index (χ3v) is 5.60. The van der Waals surface area contributed by atoms with Crippen molar-refractivity contribution in [3.63, 3.8) is 0 Å². The topological polar surface area (TPSA) is 137 Å². The largest absolute Gasteiger partial charge is 0.482 e. The lowest BCUT2D eigenvalue weighted by Crippen LogP contribution is -2.27. The van der Waals surface area contributed by atoms with Gasteiger partial charge in [0.25, 0.3) is 0 Å². The maximum atomic E-state index is 14.0. The molecule has 0 aliphatic heterocycles. The Bertz CT molecular complexity index is 1700. The number of hydrogen-bond acceptors (Lipinski definition) is 8. The fourth-order valence-electron chi connectivity index (χ4n) is 3.96. The third kappa shape index (κ3) is 5.79. The van der Waals surface area contributed by atoms with Crippen molar-refractivity contribution in [2.45, 2.75) is 39.4 Å². The highest BCUT2D eigenvalue weighted by Gasteiger charge is 2.22. The summed E-state index contributed by atoms with van der Waals surface area (Å²) < 4.78 is 32.0. The predicted molar refractivity (Wildman–Crippen MR) is 140 cm³/mol. The molecule has 0 aliphatic carbocycles. The number of aromatic amines is 1. The normalized spacial score (nSPS) is 12.3. The summed E-state index contributed by atoms with van der Waals surface area (Å²) in [6.45, 7) is 7.03. The first kappa shape index (κ1) is 25.6. The lowest BCUT2D eigenvalue weighted by Gasteiger charge is -2.22. The van der Waals surface area contributed by atoms with Gasteiger partial charge in [-0.25, -0.2) is 23.6 Å². The molecule has 0 saturated heterocycles. The van der Waals surface area contributed by atoms with Crippen LogP contribution in [0.25, 0.3) is 28.0 Å². The van der Waals surface area contributed by atoms with Crippen LogP contribution in [0.15, 0.2) is 70.2 Å². The molecule has 5 rings (SSSR count). The van der Waals surface area contributed by atoms with Crippen LogP contribution >= 0.6 is 0 Å². The van der Waals surface area contributed by atoms with Crippen molar-refractivity contribution in [2.75, 3.05) is 5.32 Å². The van der Waals surface area contributed by atoms with Crippen LogP contribution in [0.1, 0.15) is 39.4 Å². The van der Waals surface area contributed by atoms with E-state index in [2.05, 4.69) is 30.1 Å². The molecule has 0 aliphatic rings. The van der Waals surface area contributed by atoms with Gasteiger partial charge in [0, 0.05) is 28.9 Å². The van der Waals surface area contributed by atoms with E-state index in [-0.39, 0.29) is 17.4 Å². The highest BCUT2D eigenvalue weighted by molar-refractivity contribution is 5.90. The second-order valence-electron chi connectivity index (χ2n) is 9.73. The molecule has 0 bridgehead atoms. The maximum Gasteiger partial charge on any atom is 0.439 e. The summed E-state index contributed by atoms with van der Waals surface area (Å²) in [5, 5.41) is 11.2. The molecule has 5 aromatic rings. The summed E-state index contributed by atoms with van der Waals surface area (Å²) in [6, 6.07) is 12.8. The summed E-state index contributed by atoms with van der Waals surface area (Å²) in [4.78, 5) is 31.1. The van der Waals surface area contributed by atoms with Gasteiger partial charge >= 0.3 is 11.8 Å². The number of aromatic nitrogens is 5. The van der Waals surface area contributed by atoms with Crippen molar-refractivity contribution >= 4 is 22.8 Å². The number of carbonyl (C=O) groups excluding carboxylic acids is 1. The molecule has 1 amide bonds. The van der Waals surface area contributed by atoms with Gasteiger partial charge in [-0.2, -0.15) is 5.10 Å². The Kier molecular flexibility index (Phi) is 6.60. The van der Waals surface area contributed by atoms with Gasteiger partial charge in [-0.15, -0.1) is 0 Å². The highest BCUT2D eigenvalue weighted by atomic mass is 19.1. The molecule has 1 atom stereocenters. The molecule has 12 heteroatoms. The fraction of sp³-hybridized carbons (Fsp3) is 0.222. The molecule has 3 heterocycles. The van der Waals surface area contributed by atoms with Crippen LogP contribution in [0, 0.1) is 5.82 Å². The Morgan fingerprint density at radius 1 is 1.18 bits per heavy atom. The number of pyridine rings is 1. The van der Waals surface area contributed by atoms with Crippen LogP contribution in [-0.4, -0.2) is 36.6 Å². The molecule has 0 fully saturated rings. The highest BCUT2D eigenvalue weighted by Crippen LogP contribution is 2.34. The maximum absolute atomic E-state index is 14.0. The fourth-order valence-corrected chi connectivity index (χ4v) is 3.96. The van der Waals surface area contributed by atoms with Gasteiger partial charge in [-0.1, -0.05) is 5.16 Å². The average molecular weight is 533 g/mol. The van der Waals surface area contributed by atoms with Crippen LogP contribution in [0.5, 0.6) is 5.75 Å². The Morgan fingerprint density at radius 2 is 2.00 bits per heavy atom. The van der Waals surface area contributed by atoms with Crippen LogP contribution in [-0.2, 0) is 4.74 Å². The van der Waals surface area contributed by atoms with Gasteiger partial charge in [-0.3, -0.25) is 14.8 Å². The van der Waals surface area contributed by atoms with Crippen molar-refractivity contribution in [2.24, 2.45) is 0 Å². The van der Waals surface area contributed by atoms with E-state index in [4.69, 9.17) is 9.47 Å². The lowest BCUT2D eigenvalue weighted by molar-refractivity contribution is 0.0634. The van der Waals surface area contributed by atoms with Crippen molar-refractivity contribution in [3.05, 3.63) is 82.9 Å². The Balaban J connectivity index is 1.56. The van der Waals surface area contributed by atoms with E-state index in [0.717, 1.165) is 0 Å². The first-order valence-electron chi connectivity index (χ1n) is 12.0. The van der Waals surface area contributed by atoms with Gasteiger partial charge in [0.1, 0.15) is 17.5 Å². The second-order valence-corrected chi connectivity index (χ2v) is 9.73. The molecule has 3 aromatic heterocycles. The number of hydrogen-bond donors (Lipinski definition) is 2. The summed E-state index contributed by atoms with van der Waals surface area (Å²) in [7, 11) is 0. The van der Waals surface area contributed by atoms with Crippen LogP contribution < -0.4 is 15.8 Å². The van der Waals surface area contributed by atoms with Crippen LogP contribution in [0.3, 0.4) is 0 Å². The zero-order valence-electron chi connectivity index (χ0n) is 21.6. The quantitative estimate of drug-likeness (QED) is 0.297. The van der Waals surface area contributed by atoms with E-state index in [1.807, 2.05) is 0 Å². The number of anilines is 1. The van der Waals surface area contributed by atoms with E-state index >= 15 is 0 Å². The molecule has 200 valence electrons. The molecule has 39 heavy (non-hydrogen) atoms. The monoisotopic (exact) mass is 532 g/mol. The predicted octanol–water partition coefficient (Wildman–Crippen LogP) is 5.39. The number of nitrogens with one attached hydrogen (secondary N) is 2. The number of H-pyrrole nitrogens is 1. The lowest BCUT2D eigenvalue weighted by atomic mass is 10.0. The van der Waals surface area contributed by atoms with E-state index in [1.165, 1.54) is 18.2 Å². The zero-order valence-corrected chi connectivity index (χ0v) is 21.6. The Morgan fingerprint density at radius 3 is 2.69 bits per heavy atom. The molecular weight excluding hydrogens is 507 g/mol. The zero-order chi connectivity index (χ0) is 27.7.